The average molecular weight is 328 g/mol. The molecule has 9 heteroatoms. The van der Waals surface area contributed by atoms with Crippen LogP contribution in [-0.2, 0) is 10.0 Å². The Balaban J connectivity index is 2.39. The van der Waals surface area contributed by atoms with Crippen LogP contribution in [0.1, 0.15) is 17.3 Å². The van der Waals surface area contributed by atoms with Crippen molar-refractivity contribution in [1.29, 1.82) is 0 Å². The maximum absolute atomic E-state index is 12.2. The molecule has 1 aromatic carbocycles. The molecule has 0 fully saturated rings. The molecule has 112 valence electrons. The predicted molar refractivity (Wildman–Crippen MR) is 77.5 cm³/mol. The van der Waals surface area contributed by atoms with E-state index in [9.17, 15) is 13.2 Å². The number of carboxylic acid groups (broad SMARTS) is 1. The standard InChI is InChI=1S/C12H12N2O5S2/c1-2-19-10-4-3-8(7-9(10)11(15)16)21(17,18)14-12-13-5-6-20-12/h3-7H,2H2,1H3,(H,13,14)(H,15,16). The molecule has 21 heavy (non-hydrogen) atoms. The van der Waals surface area contributed by atoms with Gasteiger partial charge in [-0.05, 0) is 25.1 Å². The zero-order valence-corrected chi connectivity index (χ0v) is 12.6. The maximum Gasteiger partial charge on any atom is 0.339 e. The van der Waals surface area contributed by atoms with Crippen LogP contribution in [0.2, 0.25) is 0 Å². The Morgan fingerprint density at radius 3 is 2.81 bits per heavy atom. The first kappa shape index (κ1) is 15.3. The van der Waals surface area contributed by atoms with Gasteiger partial charge < -0.3 is 9.84 Å². The number of nitrogens with one attached hydrogen (secondary N) is 1. The lowest BCUT2D eigenvalue weighted by Gasteiger charge is -2.10. The van der Waals surface area contributed by atoms with E-state index in [0.29, 0.717) is 0 Å². The van der Waals surface area contributed by atoms with E-state index in [1.807, 2.05) is 0 Å². The predicted octanol–water partition coefficient (Wildman–Crippen LogP) is 2.04. The second-order valence-corrected chi connectivity index (χ2v) is 6.42. The zero-order valence-electron chi connectivity index (χ0n) is 10.9. The van der Waals surface area contributed by atoms with Gasteiger partial charge in [0.05, 0.1) is 11.5 Å². The molecule has 1 heterocycles. The van der Waals surface area contributed by atoms with Gasteiger partial charge >= 0.3 is 5.97 Å². The molecular weight excluding hydrogens is 316 g/mol. The first-order valence-corrected chi connectivity index (χ1v) is 8.23. The van der Waals surface area contributed by atoms with E-state index in [1.54, 1.807) is 12.3 Å². The van der Waals surface area contributed by atoms with Gasteiger partial charge in [0.25, 0.3) is 10.0 Å². The number of carbonyl (C=O) groups is 1. The van der Waals surface area contributed by atoms with Crippen molar-refractivity contribution in [1.82, 2.24) is 4.98 Å². The van der Waals surface area contributed by atoms with Gasteiger partial charge in [-0.1, -0.05) is 0 Å². The third kappa shape index (κ3) is 3.50. The number of ether oxygens (including phenoxy) is 1. The van der Waals surface area contributed by atoms with Crippen molar-refractivity contribution in [2.45, 2.75) is 11.8 Å². The van der Waals surface area contributed by atoms with Gasteiger partial charge in [0, 0.05) is 11.6 Å². The molecule has 0 unspecified atom stereocenters. The van der Waals surface area contributed by atoms with Crippen molar-refractivity contribution in [3.05, 3.63) is 35.3 Å². The van der Waals surface area contributed by atoms with Gasteiger partial charge in [-0.3, -0.25) is 4.72 Å². The first-order valence-electron chi connectivity index (χ1n) is 5.86. The highest BCUT2D eigenvalue weighted by Crippen LogP contribution is 2.24. The summed E-state index contributed by atoms with van der Waals surface area (Å²) in [5.74, 6) is -1.14. The summed E-state index contributed by atoms with van der Waals surface area (Å²) in [5.41, 5.74) is -0.209. The second-order valence-electron chi connectivity index (χ2n) is 3.84. The summed E-state index contributed by atoms with van der Waals surface area (Å²) < 4.78 is 31.8. The molecule has 0 bridgehead atoms. The fraction of sp³-hybridized carbons (Fsp3) is 0.167. The number of rotatable bonds is 6. The Hall–Kier alpha value is -2.13. The number of nitrogens with zero attached hydrogens (tertiary/aromatic N) is 1. The van der Waals surface area contributed by atoms with E-state index in [-0.39, 0.29) is 27.9 Å². The molecule has 0 aliphatic heterocycles. The number of thiazole rings is 1. The topological polar surface area (TPSA) is 106 Å². The fourth-order valence-electron chi connectivity index (χ4n) is 1.57. The SMILES string of the molecule is CCOc1ccc(S(=O)(=O)Nc2nccs2)cc1C(=O)O. The normalized spacial score (nSPS) is 11.1. The van der Waals surface area contributed by atoms with Crippen LogP contribution in [0, 0.1) is 0 Å². The number of hydrogen-bond donors (Lipinski definition) is 2. The van der Waals surface area contributed by atoms with Crippen LogP contribution >= 0.6 is 11.3 Å². The molecule has 2 N–H and O–H groups in total. The molecule has 0 aliphatic carbocycles. The number of hydrogen-bond acceptors (Lipinski definition) is 6. The monoisotopic (exact) mass is 328 g/mol. The van der Waals surface area contributed by atoms with Gasteiger partial charge in [0.1, 0.15) is 11.3 Å². The molecule has 2 rings (SSSR count). The van der Waals surface area contributed by atoms with E-state index in [1.165, 1.54) is 18.3 Å². The number of carboxylic acids is 1. The van der Waals surface area contributed by atoms with Crippen molar-refractivity contribution in [2.24, 2.45) is 0 Å². The van der Waals surface area contributed by atoms with Gasteiger partial charge in [-0.25, -0.2) is 18.2 Å². The van der Waals surface area contributed by atoms with E-state index in [0.717, 1.165) is 17.4 Å². The number of sulfonamides is 1. The van der Waals surface area contributed by atoms with Crippen LogP contribution in [0.3, 0.4) is 0 Å². The molecule has 0 aliphatic rings. The van der Waals surface area contributed by atoms with Gasteiger partial charge in [0.15, 0.2) is 5.13 Å². The van der Waals surface area contributed by atoms with Crippen molar-refractivity contribution in [2.75, 3.05) is 11.3 Å². The quantitative estimate of drug-likeness (QED) is 0.840. The summed E-state index contributed by atoms with van der Waals surface area (Å²) in [6.07, 6.45) is 1.46. The summed E-state index contributed by atoms with van der Waals surface area (Å²) in [5, 5.41) is 11.0. The summed E-state index contributed by atoms with van der Waals surface area (Å²) in [7, 11) is -3.89. The average Bonchev–Trinajstić information content (AvgIpc) is 2.91. The molecule has 0 radical (unpaired) electrons. The van der Waals surface area contributed by atoms with E-state index in [4.69, 9.17) is 9.84 Å². The minimum atomic E-state index is -3.89. The molecule has 7 nitrogen and oxygen atoms in total. The van der Waals surface area contributed by atoms with Crippen LogP contribution in [0.25, 0.3) is 0 Å². The highest BCUT2D eigenvalue weighted by Gasteiger charge is 2.20. The Morgan fingerprint density at radius 2 is 2.24 bits per heavy atom. The lowest BCUT2D eigenvalue weighted by Crippen LogP contribution is -2.14. The van der Waals surface area contributed by atoms with E-state index in [2.05, 4.69) is 9.71 Å². The third-order valence-electron chi connectivity index (χ3n) is 2.45. The number of anilines is 1. The fourth-order valence-corrected chi connectivity index (χ4v) is 3.39. The number of aromatic nitrogens is 1. The summed E-state index contributed by atoms with van der Waals surface area (Å²) in [4.78, 5) is 14.8. The van der Waals surface area contributed by atoms with Crippen LogP contribution in [0.4, 0.5) is 5.13 Å². The van der Waals surface area contributed by atoms with Crippen LogP contribution in [0.15, 0.2) is 34.7 Å². The largest absolute Gasteiger partial charge is 0.493 e. The van der Waals surface area contributed by atoms with Gasteiger partial charge in [0.2, 0.25) is 0 Å². The molecule has 0 atom stereocenters. The van der Waals surface area contributed by atoms with Crippen molar-refractivity contribution in [3.8, 4) is 5.75 Å². The molecule has 0 spiro atoms. The molecular formula is C12H12N2O5S2. The maximum atomic E-state index is 12.2. The smallest absolute Gasteiger partial charge is 0.339 e. The van der Waals surface area contributed by atoms with Crippen LogP contribution < -0.4 is 9.46 Å². The van der Waals surface area contributed by atoms with Gasteiger partial charge in [-0.15, -0.1) is 11.3 Å². The van der Waals surface area contributed by atoms with Crippen LogP contribution in [-0.4, -0.2) is 31.1 Å². The molecule has 0 saturated heterocycles. The lowest BCUT2D eigenvalue weighted by atomic mass is 10.2. The minimum absolute atomic E-state index is 0.123. The first-order chi connectivity index (χ1) is 9.94. The van der Waals surface area contributed by atoms with Crippen LogP contribution in [0.5, 0.6) is 5.75 Å². The zero-order chi connectivity index (χ0) is 15.5. The summed E-state index contributed by atoms with van der Waals surface area (Å²) in [6, 6.07) is 3.67. The Labute approximate surface area is 125 Å². The Morgan fingerprint density at radius 1 is 1.48 bits per heavy atom. The highest BCUT2D eigenvalue weighted by molar-refractivity contribution is 7.93. The third-order valence-corrected chi connectivity index (χ3v) is 4.60. The summed E-state index contributed by atoms with van der Waals surface area (Å²) in [6.45, 7) is 1.99. The van der Waals surface area contributed by atoms with Gasteiger partial charge in [-0.2, -0.15) is 0 Å². The molecule has 2 aromatic rings. The highest BCUT2D eigenvalue weighted by atomic mass is 32.2. The number of benzene rings is 1. The second kappa shape index (κ2) is 6.10. The van der Waals surface area contributed by atoms with Crippen molar-refractivity contribution < 1.29 is 23.1 Å². The Kier molecular flexibility index (Phi) is 4.43. The van der Waals surface area contributed by atoms with E-state index < -0.39 is 16.0 Å². The Bertz CT molecular complexity index is 741. The van der Waals surface area contributed by atoms with Crippen molar-refractivity contribution >= 4 is 32.5 Å². The number of aromatic carboxylic acids is 1. The minimum Gasteiger partial charge on any atom is -0.493 e. The summed E-state index contributed by atoms with van der Waals surface area (Å²) >= 11 is 1.12. The molecule has 0 saturated carbocycles. The molecule has 1 aromatic heterocycles. The van der Waals surface area contributed by atoms with Crippen molar-refractivity contribution in [3.63, 3.8) is 0 Å². The molecule has 0 amide bonds. The lowest BCUT2D eigenvalue weighted by molar-refractivity contribution is 0.0692. The van der Waals surface area contributed by atoms with E-state index >= 15 is 0 Å².